The molecule has 0 saturated heterocycles. The summed E-state index contributed by atoms with van der Waals surface area (Å²) in [6.07, 6.45) is 6.61. The predicted molar refractivity (Wildman–Crippen MR) is 82.0 cm³/mol. The van der Waals surface area contributed by atoms with Gasteiger partial charge in [0.25, 0.3) is 5.91 Å². The second-order valence-electron chi connectivity index (χ2n) is 5.29. The second kappa shape index (κ2) is 6.53. The minimum absolute atomic E-state index is 0.235. The molecule has 1 aliphatic rings. The Hall–Kier alpha value is -2.47. The van der Waals surface area contributed by atoms with Gasteiger partial charge in [0.1, 0.15) is 11.4 Å². The van der Waals surface area contributed by atoms with Crippen LogP contribution in [0, 0.1) is 0 Å². The fourth-order valence-corrected chi connectivity index (χ4v) is 2.58. The molecule has 1 aromatic carbocycles. The van der Waals surface area contributed by atoms with Crippen molar-refractivity contribution < 1.29 is 9.53 Å². The topological polar surface area (TPSA) is 90.1 Å². The van der Waals surface area contributed by atoms with E-state index in [2.05, 4.69) is 15.4 Å². The molecule has 22 heavy (non-hydrogen) atoms. The summed E-state index contributed by atoms with van der Waals surface area (Å²) in [5.41, 5.74) is 3.12. The first kappa shape index (κ1) is 14.5. The first-order valence-corrected chi connectivity index (χ1v) is 7.37. The minimum atomic E-state index is -0.440. The van der Waals surface area contributed by atoms with E-state index in [4.69, 9.17) is 10.6 Å². The molecular formula is C16H18N4O2. The number of nitrogens with one attached hydrogen (secondary N) is 1. The molecule has 2 aromatic rings. The summed E-state index contributed by atoms with van der Waals surface area (Å²) < 4.78 is 5.92. The van der Waals surface area contributed by atoms with E-state index < -0.39 is 5.91 Å². The Bertz CT molecular complexity index is 651. The molecule has 3 N–H and O–H groups in total. The van der Waals surface area contributed by atoms with Gasteiger partial charge in [-0.15, -0.1) is 0 Å². The molecule has 0 atom stereocenters. The Morgan fingerprint density at radius 2 is 1.91 bits per heavy atom. The molecule has 1 amide bonds. The zero-order valence-electron chi connectivity index (χ0n) is 12.2. The number of ether oxygens (including phenoxy) is 1. The van der Waals surface area contributed by atoms with Gasteiger partial charge >= 0.3 is 0 Å². The summed E-state index contributed by atoms with van der Waals surface area (Å²) in [5.74, 6) is 6.01. The maximum absolute atomic E-state index is 11.5. The molecule has 0 aliphatic heterocycles. The van der Waals surface area contributed by atoms with Crippen molar-refractivity contribution in [3.8, 4) is 17.1 Å². The molecule has 1 aromatic heterocycles. The fraction of sp³-hybridized carbons (Fsp3) is 0.312. The third kappa shape index (κ3) is 3.23. The molecule has 0 bridgehead atoms. The van der Waals surface area contributed by atoms with Crippen molar-refractivity contribution >= 4 is 5.91 Å². The third-order valence-electron chi connectivity index (χ3n) is 3.74. The van der Waals surface area contributed by atoms with Crippen LogP contribution in [0.1, 0.15) is 36.2 Å². The SMILES string of the molecule is NNC(=O)c1ccnc(-c2ccc(OC3CCCC3)cc2)n1. The molecule has 6 nitrogen and oxygen atoms in total. The van der Waals surface area contributed by atoms with E-state index in [9.17, 15) is 4.79 Å². The minimum Gasteiger partial charge on any atom is -0.490 e. The number of nitrogen functional groups attached to an aromatic ring is 1. The Morgan fingerprint density at radius 1 is 1.18 bits per heavy atom. The van der Waals surface area contributed by atoms with Crippen LogP contribution in [0.2, 0.25) is 0 Å². The number of carbonyl (C=O) groups excluding carboxylic acids is 1. The molecular weight excluding hydrogens is 280 g/mol. The van der Waals surface area contributed by atoms with Crippen LogP contribution in [0.15, 0.2) is 36.5 Å². The van der Waals surface area contributed by atoms with E-state index in [1.165, 1.54) is 25.1 Å². The monoisotopic (exact) mass is 298 g/mol. The van der Waals surface area contributed by atoms with Gasteiger partial charge in [-0.05, 0) is 56.0 Å². The lowest BCUT2D eigenvalue weighted by atomic mass is 10.2. The van der Waals surface area contributed by atoms with Crippen LogP contribution in [0.4, 0.5) is 0 Å². The average molecular weight is 298 g/mol. The van der Waals surface area contributed by atoms with Crippen LogP contribution in [0.25, 0.3) is 11.4 Å². The van der Waals surface area contributed by atoms with Crippen LogP contribution < -0.4 is 16.0 Å². The maximum atomic E-state index is 11.5. The molecule has 1 fully saturated rings. The largest absolute Gasteiger partial charge is 0.490 e. The van der Waals surface area contributed by atoms with E-state index in [0.29, 0.717) is 11.9 Å². The molecule has 0 unspecified atom stereocenters. The quantitative estimate of drug-likeness (QED) is 0.512. The van der Waals surface area contributed by atoms with E-state index >= 15 is 0 Å². The molecule has 3 rings (SSSR count). The number of rotatable bonds is 4. The Labute approximate surface area is 128 Å². The average Bonchev–Trinajstić information content (AvgIpc) is 3.08. The summed E-state index contributed by atoms with van der Waals surface area (Å²) in [6, 6.07) is 9.12. The van der Waals surface area contributed by atoms with Gasteiger partial charge in [0.2, 0.25) is 0 Å². The first-order chi connectivity index (χ1) is 10.8. The Balaban J connectivity index is 1.76. The number of nitrogens with zero attached hydrogens (tertiary/aromatic N) is 2. The molecule has 0 radical (unpaired) electrons. The van der Waals surface area contributed by atoms with Gasteiger partial charge in [0, 0.05) is 11.8 Å². The van der Waals surface area contributed by atoms with Crippen LogP contribution in [0.3, 0.4) is 0 Å². The van der Waals surface area contributed by atoms with E-state index in [-0.39, 0.29) is 5.69 Å². The number of carbonyl (C=O) groups is 1. The van der Waals surface area contributed by atoms with Crippen LogP contribution in [-0.4, -0.2) is 22.0 Å². The van der Waals surface area contributed by atoms with E-state index in [1.54, 1.807) is 0 Å². The van der Waals surface area contributed by atoms with Gasteiger partial charge < -0.3 is 4.74 Å². The summed E-state index contributed by atoms with van der Waals surface area (Å²) in [5, 5.41) is 0. The molecule has 1 aliphatic carbocycles. The number of hydrazine groups is 1. The summed E-state index contributed by atoms with van der Waals surface area (Å²) >= 11 is 0. The zero-order valence-corrected chi connectivity index (χ0v) is 12.2. The standard InChI is InChI=1S/C16H18N4O2/c17-20-16(21)14-9-10-18-15(19-14)11-5-7-13(8-6-11)22-12-3-1-2-4-12/h5-10,12H,1-4,17H2,(H,20,21). The van der Waals surface area contributed by atoms with Crippen molar-refractivity contribution in [2.75, 3.05) is 0 Å². The number of hydrogen-bond donors (Lipinski definition) is 2. The molecule has 1 saturated carbocycles. The van der Waals surface area contributed by atoms with Crippen molar-refractivity contribution in [1.29, 1.82) is 0 Å². The maximum Gasteiger partial charge on any atom is 0.283 e. The lowest BCUT2D eigenvalue weighted by Crippen LogP contribution is -2.30. The lowest BCUT2D eigenvalue weighted by molar-refractivity contribution is 0.0948. The molecule has 114 valence electrons. The van der Waals surface area contributed by atoms with Crippen molar-refractivity contribution in [2.45, 2.75) is 31.8 Å². The lowest BCUT2D eigenvalue weighted by Gasteiger charge is -2.13. The first-order valence-electron chi connectivity index (χ1n) is 7.37. The smallest absolute Gasteiger partial charge is 0.283 e. The van der Waals surface area contributed by atoms with E-state index in [0.717, 1.165) is 24.2 Å². The molecule has 1 heterocycles. The summed E-state index contributed by atoms with van der Waals surface area (Å²) in [6.45, 7) is 0. The highest BCUT2D eigenvalue weighted by molar-refractivity contribution is 5.92. The summed E-state index contributed by atoms with van der Waals surface area (Å²) in [4.78, 5) is 19.9. The normalized spacial score (nSPS) is 14.8. The fourth-order valence-electron chi connectivity index (χ4n) is 2.58. The number of amides is 1. The van der Waals surface area contributed by atoms with Gasteiger partial charge in [-0.1, -0.05) is 0 Å². The highest BCUT2D eigenvalue weighted by Gasteiger charge is 2.16. The third-order valence-corrected chi connectivity index (χ3v) is 3.74. The van der Waals surface area contributed by atoms with Crippen LogP contribution in [0.5, 0.6) is 5.75 Å². The van der Waals surface area contributed by atoms with Crippen LogP contribution >= 0.6 is 0 Å². The molecule has 6 heteroatoms. The molecule has 0 spiro atoms. The zero-order chi connectivity index (χ0) is 15.4. The number of nitrogens with two attached hydrogens (primary N) is 1. The van der Waals surface area contributed by atoms with Gasteiger partial charge in [-0.25, -0.2) is 15.8 Å². The summed E-state index contributed by atoms with van der Waals surface area (Å²) in [7, 11) is 0. The number of hydrogen-bond acceptors (Lipinski definition) is 5. The van der Waals surface area contributed by atoms with Gasteiger partial charge in [0.05, 0.1) is 6.10 Å². The van der Waals surface area contributed by atoms with Gasteiger partial charge in [0.15, 0.2) is 5.82 Å². The highest BCUT2D eigenvalue weighted by atomic mass is 16.5. The van der Waals surface area contributed by atoms with Crippen LogP contribution in [-0.2, 0) is 0 Å². The predicted octanol–water partition coefficient (Wildman–Crippen LogP) is 2.07. The Kier molecular flexibility index (Phi) is 4.29. The second-order valence-corrected chi connectivity index (χ2v) is 5.29. The van der Waals surface area contributed by atoms with E-state index in [1.807, 2.05) is 24.3 Å². The van der Waals surface area contributed by atoms with Crippen molar-refractivity contribution in [2.24, 2.45) is 5.84 Å². The van der Waals surface area contributed by atoms with Crippen molar-refractivity contribution in [3.05, 3.63) is 42.2 Å². The number of aromatic nitrogens is 2. The number of benzene rings is 1. The highest BCUT2D eigenvalue weighted by Crippen LogP contribution is 2.25. The van der Waals surface area contributed by atoms with Gasteiger partial charge in [-0.2, -0.15) is 0 Å². The van der Waals surface area contributed by atoms with Gasteiger partial charge in [-0.3, -0.25) is 10.2 Å². The van der Waals surface area contributed by atoms with Crippen molar-refractivity contribution in [1.82, 2.24) is 15.4 Å². The van der Waals surface area contributed by atoms with Crippen molar-refractivity contribution in [3.63, 3.8) is 0 Å². The Morgan fingerprint density at radius 3 is 2.59 bits per heavy atom.